The van der Waals surface area contributed by atoms with Gasteiger partial charge in [-0.3, -0.25) is 9.59 Å². The van der Waals surface area contributed by atoms with Gasteiger partial charge in [0.15, 0.2) is 6.61 Å². The van der Waals surface area contributed by atoms with Crippen LogP contribution in [0.2, 0.25) is 0 Å². The van der Waals surface area contributed by atoms with Crippen LogP contribution in [-0.2, 0) is 11.3 Å². The standard InChI is InChI=1S/C17H21N3O3/c1-13-6-7-14(2)15(11-13)23-12-16(21)18-8-4-10-20-17(22)5-3-9-19-20/h3,5-7,9,11H,4,8,10,12H2,1-2H3,(H,18,21). The molecular weight excluding hydrogens is 294 g/mol. The fraction of sp³-hybridized carbons (Fsp3) is 0.353. The Kier molecular flexibility index (Phi) is 5.91. The predicted molar refractivity (Wildman–Crippen MR) is 87.5 cm³/mol. The molecule has 2 aromatic rings. The van der Waals surface area contributed by atoms with Crippen LogP contribution in [0.3, 0.4) is 0 Å². The quantitative estimate of drug-likeness (QED) is 0.785. The van der Waals surface area contributed by atoms with Crippen LogP contribution in [0.4, 0.5) is 0 Å². The van der Waals surface area contributed by atoms with Gasteiger partial charge in [0, 0.05) is 25.4 Å². The highest BCUT2D eigenvalue weighted by molar-refractivity contribution is 5.77. The average molecular weight is 315 g/mol. The van der Waals surface area contributed by atoms with Crippen molar-refractivity contribution in [2.45, 2.75) is 26.8 Å². The van der Waals surface area contributed by atoms with Crippen molar-refractivity contribution in [3.8, 4) is 5.75 Å². The van der Waals surface area contributed by atoms with E-state index in [0.717, 1.165) is 16.9 Å². The SMILES string of the molecule is Cc1ccc(C)c(OCC(=O)NCCCn2ncccc2=O)c1. The van der Waals surface area contributed by atoms with Crippen LogP contribution < -0.4 is 15.6 Å². The summed E-state index contributed by atoms with van der Waals surface area (Å²) < 4.78 is 6.91. The molecule has 0 saturated heterocycles. The first kappa shape index (κ1) is 16.7. The van der Waals surface area contributed by atoms with Crippen LogP contribution in [0.15, 0.2) is 41.3 Å². The molecule has 0 aliphatic heterocycles. The van der Waals surface area contributed by atoms with Crippen molar-refractivity contribution < 1.29 is 9.53 Å². The Morgan fingerprint density at radius 3 is 2.91 bits per heavy atom. The fourth-order valence-electron chi connectivity index (χ4n) is 2.07. The van der Waals surface area contributed by atoms with Crippen molar-refractivity contribution in [1.29, 1.82) is 0 Å². The predicted octanol–water partition coefficient (Wildman–Crippen LogP) is 1.45. The van der Waals surface area contributed by atoms with E-state index >= 15 is 0 Å². The van der Waals surface area contributed by atoms with Crippen molar-refractivity contribution in [2.75, 3.05) is 13.2 Å². The summed E-state index contributed by atoms with van der Waals surface area (Å²) in [6.45, 7) is 4.84. The smallest absolute Gasteiger partial charge is 0.266 e. The molecule has 0 bridgehead atoms. The summed E-state index contributed by atoms with van der Waals surface area (Å²) in [5, 5.41) is 6.73. The molecule has 1 amide bonds. The maximum absolute atomic E-state index is 11.8. The molecule has 1 heterocycles. The second kappa shape index (κ2) is 8.12. The summed E-state index contributed by atoms with van der Waals surface area (Å²) in [7, 11) is 0. The summed E-state index contributed by atoms with van der Waals surface area (Å²) in [6, 6.07) is 8.94. The fourth-order valence-corrected chi connectivity index (χ4v) is 2.07. The van der Waals surface area contributed by atoms with Crippen molar-refractivity contribution >= 4 is 5.91 Å². The molecule has 2 rings (SSSR count). The zero-order valence-corrected chi connectivity index (χ0v) is 13.4. The lowest BCUT2D eigenvalue weighted by atomic mass is 10.1. The topological polar surface area (TPSA) is 73.2 Å². The second-order valence-electron chi connectivity index (χ2n) is 5.35. The molecule has 0 aliphatic rings. The molecule has 6 nitrogen and oxygen atoms in total. The molecule has 1 aromatic carbocycles. The molecule has 122 valence electrons. The first-order valence-corrected chi connectivity index (χ1v) is 7.55. The zero-order chi connectivity index (χ0) is 16.7. The van der Waals surface area contributed by atoms with E-state index in [9.17, 15) is 9.59 Å². The number of rotatable bonds is 7. The van der Waals surface area contributed by atoms with Crippen LogP contribution in [0.25, 0.3) is 0 Å². The molecule has 0 spiro atoms. The van der Waals surface area contributed by atoms with E-state index in [1.54, 1.807) is 12.3 Å². The van der Waals surface area contributed by atoms with E-state index in [1.165, 1.54) is 10.7 Å². The summed E-state index contributed by atoms with van der Waals surface area (Å²) in [4.78, 5) is 23.2. The number of nitrogens with zero attached hydrogens (tertiary/aromatic N) is 2. The Hall–Kier alpha value is -2.63. The molecular formula is C17H21N3O3. The van der Waals surface area contributed by atoms with Gasteiger partial charge in [0.2, 0.25) is 0 Å². The van der Waals surface area contributed by atoms with Gasteiger partial charge >= 0.3 is 0 Å². The number of amides is 1. The van der Waals surface area contributed by atoms with Crippen LogP contribution >= 0.6 is 0 Å². The lowest BCUT2D eigenvalue weighted by Gasteiger charge is -2.10. The van der Waals surface area contributed by atoms with E-state index in [1.807, 2.05) is 32.0 Å². The van der Waals surface area contributed by atoms with Gasteiger partial charge in [-0.2, -0.15) is 5.10 Å². The molecule has 1 N–H and O–H groups in total. The van der Waals surface area contributed by atoms with Gasteiger partial charge < -0.3 is 10.1 Å². The van der Waals surface area contributed by atoms with Gasteiger partial charge in [0.25, 0.3) is 11.5 Å². The average Bonchev–Trinajstić information content (AvgIpc) is 2.54. The van der Waals surface area contributed by atoms with Crippen LogP contribution in [0.5, 0.6) is 5.75 Å². The number of hydrogen-bond donors (Lipinski definition) is 1. The van der Waals surface area contributed by atoms with Gasteiger partial charge in [-0.15, -0.1) is 0 Å². The van der Waals surface area contributed by atoms with Gasteiger partial charge in [0.1, 0.15) is 5.75 Å². The maximum Gasteiger partial charge on any atom is 0.266 e. The normalized spacial score (nSPS) is 10.3. The highest BCUT2D eigenvalue weighted by Crippen LogP contribution is 2.18. The molecule has 0 radical (unpaired) electrons. The number of aromatic nitrogens is 2. The Balaban J connectivity index is 1.70. The third kappa shape index (κ3) is 5.25. The Morgan fingerprint density at radius 1 is 1.30 bits per heavy atom. The van der Waals surface area contributed by atoms with Gasteiger partial charge in [0.05, 0.1) is 0 Å². The molecule has 1 aromatic heterocycles. The molecule has 0 unspecified atom stereocenters. The van der Waals surface area contributed by atoms with E-state index in [2.05, 4.69) is 10.4 Å². The lowest BCUT2D eigenvalue weighted by Crippen LogP contribution is -2.31. The molecule has 0 fully saturated rings. The largest absolute Gasteiger partial charge is 0.483 e. The van der Waals surface area contributed by atoms with Gasteiger partial charge in [-0.1, -0.05) is 12.1 Å². The number of carbonyl (C=O) groups excluding carboxylic acids is 1. The van der Waals surface area contributed by atoms with Gasteiger partial charge in [-0.05, 0) is 43.5 Å². The highest BCUT2D eigenvalue weighted by Gasteiger charge is 2.05. The van der Waals surface area contributed by atoms with Gasteiger partial charge in [-0.25, -0.2) is 4.68 Å². The number of benzene rings is 1. The van der Waals surface area contributed by atoms with E-state index in [4.69, 9.17) is 4.74 Å². The first-order valence-electron chi connectivity index (χ1n) is 7.55. The number of ether oxygens (including phenoxy) is 1. The van der Waals surface area contributed by atoms with E-state index in [0.29, 0.717) is 19.5 Å². The molecule has 0 saturated carbocycles. The zero-order valence-electron chi connectivity index (χ0n) is 13.4. The summed E-state index contributed by atoms with van der Waals surface area (Å²) in [6.07, 6.45) is 2.20. The van der Waals surface area contributed by atoms with Crippen molar-refractivity contribution in [3.63, 3.8) is 0 Å². The third-order valence-corrected chi connectivity index (χ3v) is 3.36. The maximum atomic E-state index is 11.8. The molecule has 0 aliphatic carbocycles. The summed E-state index contributed by atoms with van der Waals surface area (Å²) in [5.74, 6) is 0.541. The minimum atomic E-state index is -0.181. The lowest BCUT2D eigenvalue weighted by molar-refractivity contribution is -0.123. The molecule has 0 atom stereocenters. The Bertz CT molecular complexity index is 725. The molecule has 6 heteroatoms. The summed E-state index contributed by atoms with van der Waals surface area (Å²) >= 11 is 0. The third-order valence-electron chi connectivity index (χ3n) is 3.36. The van der Waals surface area contributed by atoms with Crippen LogP contribution in [-0.4, -0.2) is 28.8 Å². The Labute approximate surface area is 135 Å². The minimum absolute atomic E-state index is 0.0200. The van der Waals surface area contributed by atoms with Crippen molar-refractivity contribution in [3.05, 3.63) is 58.0 Å². The van der Waals surface area contributed by atoms with Crippen molar-refractivity contribution in [1.82, 2.24) is 15.1 Å². The highest BCUT2D eigenvalue weighted by atomic mass is 16.5. The monoisotopic (exact) mass is 315 g/mol. The number of aryl methyl sites for hydroxylation is 3. The minimum Gasteiger partial charge on any atom is -0.483 e. The Morgan fingerprint density at radius 2 is 2.13 bits per heavy atom. The number of hydrogen-bond acceptors (Lipinski definition) is 4. The molecule has 23 heavy (non-hydrogen) atoms. The summed E-state index contributed by atoms with van der Waals surface area (Å²) in [5.41, 5.74) is 1.95. The van der Waals surface area contributed by atoms with E-state index in [-0.39, 0.29) is 18.1 Å². The van der Waals surface area contributed by atoms with Crippen LogP contribution in [0, 0.1) is 13.8 Å². The van der Waals surface area contributed by atoms with Crippen molar-refractivity contribution in [2.24, 2.45) is 0 Å². The van der Waals surface area contributed by atoms with E-state index < -0.39 is 0 Å². The van der Waals surface area contributed by atoms with Crippen LogP contribution in [0.1, 0.15) is 17.5 Å². The second-order valence-corrected chi connectivity index (χ2v) is 5.35. The number of carbonyl (C=O) groups is 1. The number of nitrogens with one attached hydrogen (secondary N) is 1. The first-order chi connectivity index (χ1) is 11.1.